The molecule has 5 nitrogen and oxygen atoms in total. The number of hydrogen-bond acceptors (Lipinski definition) is 4. The van der Waals surface area contributed by atoms with Crippen LogP contribution >= 0.6 is 0 Å². The molecule has 1 amide bonds. The third-order valence-corrected chi connectivity index (χ3v) is 4.09. The molecule has 0 bridgehead atoms. The maximum absolute atomic E-state index is 12.6. The van der Waals surface area contributed by atoms with E-state index in [1.54, 1.807) is 0 Å². The number of rotatable bonds is 3. The molecule has 3 rings (SSSR count). The van der Waals surface area contributed by atoms with Gasteiger partial charge in [0.1, 0.15) is 0 Å². The van der Waals surface area contributed by atoms with Crippen molar-refractivity contribution in [2.75, 3.05) is 31.5 Å². The van der Waals surface area contributed by atoms with E-state index in [1.165, 1.54) is 0 Å². The van der Waals surface area contributed by atoms with E-state index in [-0.39, 0.29) is 17.7 Å². The first-order chi connectivity index (χ1) is 9.65. The molecule has 1 atom stereocenters. The average molecular weight is 273 g/mol. The Bertz CT molecular complexity index is 550. The van der Waals surface area contributed by atoms with Crippen molar-refractivity contribution in [2.24, 2.45) is 0 Å². The third-order valence-electron chi connectivity index (χ3n) is 4.09. The lowest BCUT2D eigenvalue weighted by Gasteiger charge is -2.31. The second-order valence-corrected chi connectivity index (χ2v) is 5.42. The number of Topliss-reactive ketones (excluding diaryl/α,β-unsaturated/α-hetero) is 1. The monoisotopic (exact) mass is 273 g/mol. The van der Waals surface area contributed by atoms with Crippen LogP contribution in [0.15, 0.2) is 18.2 Å². The van der Waals surface area contributed by atoms with E-state index >= 15 is 0 Å². The maximum atomic E-state index is 12.6. The van der Waals surface area contributed by atoms with Crippen LogP contribution in [0.4, 0.5) is 5.69 Å². The summed E-state index contributed by atoms with van der Waals surface area (Å²) in [6.07, 6.45) is 0.373. The quantitative estimate of drug-likeness (QED) is 0.794. The third kappa shape index (κ3) is 2.46. The van der Waals surface area contributed by atoms with Crippen molar-refractivity contribution in [3.8, 4) is 0 Å². The molecule has 1 fully saturated rings. The predicted molar refractivity (Wildman–Crippen MR) is 77.0 cm³/mol. The molecule has 0 aromatic heterocycles. The van der Waals surface area contributed by atoms with Crippen LogP contribution in [-0.2, 0) is 11.2 Å². The van der Waals surface area contributed by atoms with Crippen LogP contribution in [0.2, 0.25) is 0 Å². The van der Waals surface area contributed by atoms with Gasteiger partial charge in [-0.3, -0.25) is 14.5 Å². The van der Waals surface area contributed by atoms with Gasteiger partial charge in [-0.2, -0.15) is 0 Å². The summed E-state index contributed by atoms with van der Waals surface area (Å²) in [6.45, 7) is 5.63. The largest absolute Gasteiger partial charge is 0.326 e. The highest BCUT2D eigenvalue weighted by molar-refractivity contribution is 6.03. The summed E-state index contributed by atoms with van der Waals surface area (Å²) < 4.78 is 0. The SMILES string of the molecule is CC(C(=O)c1ccc2c(c1)CC(=O)N2)N1CCNCC1. The summed E-state index contributed by atoms with van der Waals surface area (Å²) in [6, 6.07) is 5.39. The van der Waals surface area contributed by atoms with E-state index < -0.39 is 0 Å². The smallest absolute Gasteiger partial charge is 0.228 e. The van der Waals surface area contributed by atoms with Crippen molar-refractivity contribution < 1.29 is 9.59 Å². The molecule has 1 aromatic carbocycles. The fraction of sp³-hybridized carbons (Fsp3) is 0.467. The van der Waals surface area contributed by atoms with E-state index in [9.17, 15) is 9.59 Å². The molecule has 5 heteroatoms. The lowest BCUT2D eigenvalue weighted by Crippen LogP contribution is -2.50. The van der Waals surface area contributed by atoms with Crippen LogP contribution in [0.3, 0.4) is 0 Å². The minimum Gasteiger partial charge on any atom is -0.326 e. The van der Waals surface area contributed by atoms with Crippen molar-refractivity contribution in [1.29, 1.82) is 0 Å². The number of anilines is 1. The Balaban J connectivity index is 1.77. The molecule has 20 heavy (non-hydrogen) atoms. The van der Waals surface area contributed by atoms with Gasteiger partial charge in [0.15, 0.2) is 5.78 Å². The lowest BCUT2D eigenvalue weighted by molar-refractivity contribution is -0.115. The standard InChI is InChI=1S/C15H19N3O2/c1-10(18-6-4-16-5-7-18)15(20)11-2-3-13-12(8-11)9-14(19)17-13/h2-3,8,10,16H,4-7,9H2,1H3,(H,17,19). The normalized spacial score (nSPS) is 20.4. The highest BCUT2D eigenvalue weighted by Crippen LogP contribution is 2.24. The second kappa shape index (κ2) is 5.34. The molecular weight excluding hydrogens is 254 g/mol. The number of fused-ring (bicyclic) bond motifs is 1. The first-order valence-electron chi connectivity index (χ1n) is 7.07. The molecule has 2 aliphatic heterocycles. The Hall–Kier alpha value is -1.72. The molecule has 0 spiro atoms. The zero-order valence-electron chi connectivity index (χ0n) is 11.6. The number of benzene rings is 1. The minimum absolute atomic E-state index is 0.000229. The first-order valence-corrected chi connectivity index (χ1v) is 7.07. The molecule has 0 aliphatic carbocycles. The predicted octanol–water partition coefficient (Wildman–Crippen LogP) is 0.658. The summed E-state index contributed by atoms with van der Waals surface area (Å²) in [4.78, 5) is 26.1. The number of nitrogens with one attached hydrogen (secondary N) is 2. The van der Waals surface area contributed by atoms with Gasteiger partial charge in [-0.25, -0.2) is 0 Å². The second-order valence-electron chi connectivity index (χ2n) is 5.42. The van der Waals surface area contributed by atoms with Crippen LogP contribution in [0.1, 0.15) is 22.8 Å². The average Bonchev–Trinajstić information content (AvgIpc) is 2.85. The Labute approximate surface area is 118 Å². The van der Waals surface area contributed by atoms with Gasteiger partial charge < -0.3 is 10.6 Å². The van der Waals surface area contributed by atoms with Gasteiger partial charge in [-0.05, 0) is 30.7 Å². The Kier molecular flexibility index (Phi) is 3.54. The summed E-state index contributed by atoms with van der Waals surface area (Å²) in [5, 5.41) is 6.08. The van der Waals surface area contributed by atoms with Crippen molar-refractivity contribution in [2.45, 2.75) is 19.4 Å². The van der Waals surface area contributed by atoms with Gasteiger partial charge in [-0.1, -0.05) is 0 Å². The molecular formula is C15H19N3O2. The minimum atomic E-state index is -0.111. The Morgan fingerprint density at radius 2 is 2.05 bits per heavy atom. The Morgan fingerprint density at radius 1 is 1.30 bits per heavy atom. The van der Waals surface area contributed by atoms with Gasteiger partial charge >= 0.3 is 0 Å². The topological polar surface area (TPSA) is 61.4 Å². The van der Waals surface area contributed by atoms with Gasteiger partial charge in [0.05, 0.1) is 12.5 Å². The zero-order chi connectivity index (χ0) is 14.1. The maximum Gasteiger partial charge on any atom is 0.228 e. The van der Waals surface area contributed by atoms with Gasteiger partial charge in [-0.15, -0.1) is 0 Å². The summed E-state index contributed by atoms with van der Waals surface area (Å²) in [5.41, 5.74) is 2.46. The number of ketones is 1. The highest BCUT2D eigenvalue weighted by Gasteiger charge is 2.25. The van der Waals surface area contributed by atoms with Crippen molar-refractivity contribution in [3.05, 3.63) is 29.3 Å². The van der Waals surface area contributed by atoms with Crippen molar-refractivity contribution in [3.63, 3.8) is 0 Å². The summed E-state index contributed by atoms with van der Waals surface area (Å²) >= 11 is 0. The molecule has 1 unspecified atom stereocenters. The van der Waals surface area contributed by atoms with Gasteiger partial charge in [0.25, 0.3) is 0 Å². The molecule has 1 aromatic rings. The zero-order valence-corrected chi connectivity index (χ0v) is 11.6. The van der Waals surface area contributed by atoms with E-state index in [4.69, 9.17) is 0 Å². The molecule has 2 heterocycles. The number of carbonyl (C=O) groups is 2. The molecule has 2 N–H and O–H groups in total. The molecule has 0 saturated carbocycles. The van der Waals surface area contributed by atoms with Crippen molar-refractivity contribution in [1.82, 2.24) is 10.2 Å². The number of carbonyl (C=O) groups excluding carboxylic acids is 2. The Morgan fingerprint density at radius 3 is 2.80 bits per heavy atom. The van der Waals surface area contributed by atoms with E-state index in [1.807, 2.05) is 25.1 Å². The van der Waals surface area contributed by atoms with Crippen molar-refractivity contribution >= 4 is 17.4 Å². The highest BCUT2D eigenvalue weighted by atomic mass is 16.2. The van der Waals surface area contributed by atoms with Crippen LogP contribution in [0.25, 0.3) is 0 Å². The fourth-order valence-corrected chi connectivity index (χ4v) is 2.86. The van der Waals surface area contributed by atoms with E-state index in [0.717, 1.165) is 37.4 Å². The number of nitrogens with zero attached hydrogens (tertiary/aromatic N) is 1. The number of amides is 1. The van der Waals surface area contributed by atoms with Crippen LogP contribution < -0.4 is 10.6 Å². The number of piperazine rings is 1. The molecule has 0 radical (unpaired) electrons. The summed E-state index contributed by atoms with van der Waals surface area (Å²) in [5.74, 6) is 0.133. The van der Waals surface area contributed by atoms with Crippen LogP contribution in [0, 0.1) is 0 Å². The molecule has 106 valence electrons. The van der Waals surface area contributed by atoms with Crippen LogP contribution in [-0.4, -0.2) is 48.8 Å². The molecule has 2 aliphatic rings. The van der Waals surface area contributed by atoms with Crippen LogP contribution in [0.5, 0.6) is 0 Å². The molecule has 1 saturated heterocycles. The first kappa shape index (κ1) is 13.3. The fourth-order valence-electron chi connectivity index (χ4n) is 2.86. The van der Waals surface area contributed by atoms with Gasteiger partial charge in [0, 0.05) is 37.4 Å². The number of hydrogen-bond donors (Lipinski definition) is 2. The lowest BCUT2D eigenvalue weighted by atomic mass is 10.0. The summed E-state index contributed by atoms with van der Waals surface area (Å²) in [7, 11) is 0. The van der Waals surface area contributed by atoms with Gasteiger partial charge in [0.2, 0.25) is 5.91 Å². The van der Waals surface area contributed by atoms with E-state index in [0.29, 0.717) is 12.0 Å². The van der Waals surface area contributed by atoms with E-state index in [2.05, 4.69) is 15.5 Å².